The number of benzene rings is 1. The van der Waals surface area contributed by atoms with Crippen molar-refractivity contribution in [2.45, 2.75) is 26.9 Å². The van der Waals surface area contributed by atoms with E-state index in [4.69, 9.17) is 11.6 Å². The van der Waals surface area contributed by atoms with Crippen molar-refractivity contribution in [2.75, 3.05) is 5.32 Å². The Morgan fingerprint density at radius 3 is 2.70 bits per heavy atom. The van der Waals surface area contributed by atoms with Crippen LogP contribution in [0.15, 0.2) is 55.1 Å². The van der Waals surface area contributed by atoms with Gasteiger partial charge >= 0.3 is 0 Å². The molecule has 0 aliphatic heterocycles. The summed E-state index contributed by atoms with van der Waals surface area (Å²) in [5.74, 6) is -0.226. The molecule has 4 aromatic heterocycles. The zero-order chi connectivity index (χ0) is 22.9. The van der Waals surface area contributed by atoms with Gasteiger partial charge in [-0.1, -0.05) is 23.7 Å². The Kier molecular flexibility index (Phi) is 5.35. The minimum atomic E-state index is -0.420. The van der Waals surface area contributed by atoms with Crippen molar-refractivity contribution >= 4 is 29.1 Å². The highest BCUT2D eigenvalue weighted by Crippen LogP contribution is 2.23. The third-order valence-corrected chi connectivity index (χ3v) is 5.54. The zero-order valence-electron chi connectivity index (χ0n) is 18.0. The maximum absolute atomic E-state index is 12.8. The Balaban J connectivity index is 1.37. The molecule has 5 aromatic rings. The molecule has 0 saturated heterocycles. The Morgan fingerprint density at radius 1 is 1.12 bits per heavy atom. The highest BCUT2D eigenvalue weighted by molar-refractivity contribution is 6.30. The molecular weight excluding hydrogens is 442 g/mol. The van der Waals surface area contributed by atoms with Crippen LogP contribution in [0.3, 0.4) is 0 Å². The number of carbonyl (C=O) groups excluding carboxylic acids is 1. The van der Waals surface area contributed by atoms with Crippen LogP contribution in [0.5, 0.6) is 0 Å². The van der Waals surface area contributed by atoms with Crippen molar-refractivity contribution in [3.63, 3.8) is 0 Å². The average Bonchev–Trinajstić information content (AvgIpc) is 3.53. The van der Waals surface area contributed by atoms with E-state index in [-0.39, 0.29) is 11.6 Å². The molecule has 0 saturated carbocycles. The Morgan fingerprint density at radius 2 is 1.94 bits per heavy atom. The third-order valence-electron chi connectivity index (χ3n) is 5.29. The van der Waals surface area contributed by atoms with Gasteiger partial charge in [-0.3, -0.25) is 14.8 Å². The van der Waals surface area contributed by atoms with Crippen molar-refractivity contribution < 1.29 is 4.79 Å². The van der Waals surface area contributed by atoms with Gasteiger partial charge in [0.2, 0.25) is 5.95 Å². The molecule has 166 valence electrons. The van der Waals surface area contributed by atoms with Crippen molar-refractivity contribution in [3.8, 4) is 11.3 Å². The highest BCUT2D eigenvalue weighted by atomic mass is 35.5. The lowest BCUT2D eigenvalue weighted by molar-refractivity contribution is 0.102. The first-order valence-corrected chi connectivity index (χ1v) is 10.7. The lowest BCUT2D eigenvalue weighted by atomic mass is 10.2. The van der Waals surface area contributed by atoms with E-state index in [1.165, 1.54) is 0 Å². The second-order valence-electron chi connectivity index (χ2n) is 7.44. The molecule has 33 heavy (non-hydrogen) atoms. The molecule has 10 nitrogen and oxygen atoms in total. The van der Waals surface area contributed by atoms with Gasteiger partial charge in [-0.2, -0.15) is 10.2 Å². The Bertz CT molecular complexity index is 1450. The molecule has 5 rings (SSSR count). The van der Waals surface area contributed by atoms with E-state index in [9.17, 15) is 4.79 Å². The van der Waals surface area contributed by atoms with Gasteiger partial charge < -0.3 is 0 Å². The summed E-state index contributed by atoms with van der Waals surface area (Å²) in [5.41, 5.74) is 4.54. The van der Waals surface area contributed by atoms with Crippen LogP contribution in [0.4, 0.5) is 5.95 Å². The Hall–Kier alpha value is -4.05. The standard InChI is InChI=1S/C22H20ClN9O/c1-3-31-14(2)17(11-26-31)19-8-9-24-20-10-18(28-32(19)20)21(33)27-22-25-13-30(29-22)12-15-4-6-16(23)7-5-15/h4-11,13H,3,12H2,1-2H3,(H,27,29,33). The van der Waals surface area contributed by atoms with Crippen LogP contribution in [0.2, 0.25) is 5.02 Å². The van der Waals surface area contributed by atoms with E-state index >= 15 is 0 Å². The van der Waals surface area contributed by atoms with Crippen molar-refractivity contribution in [1.82, 2.24) is 39.1 Å². The number of nitrogens with one attached hydrogen (secondary N) is 1. The van der Waals surface area contributed by atoms with E-state index in [1.807, 2.05) is 48.9 Å². The molecule has 0 radical (unpaired) electrons. The fourth-order valence-electron chi connectivity index (χ4n) is 3.60. The van der Waals surface area contributed by atoms with Crippen LogP contribution in [-0.4, -0.2) is 45.1 Å². The molecule has 0 unspecified atom stereocenters. The molecule has 1 N–H and O–H groups in total. The van der Waals surface area contributed by atoms with Gasteiger partial charge in [-0.25, -0.2) is 19.2 Å². The topological polar surface area (TPSA) is 108 Å². The summed E-state index contributed by atoms with van der Waals surface area (Å²) in [4.78, 5) is 21.3. The number of rotatable bonds is 6. The Labute approximate surface area is 193 Å². The number of carbonyl (C=O) groups is 1. The first-order valence-electron chi connectivity index (χ1n) is 10.3. The summed E-state index contributed by atoms with van der Waals surface area (Å²) in [6.07, 6.45) is 5.05. The van der Waals surface area contributed by atoms with Crippen LogP contribution < -0.4 is 5.32 Å². The zero-order valence-corrected chi connectivity index (χ0v) is 18.7. The normalized spacial score (nSPS) is 11.2. The molecule has 0 aliphatic carbocycles. The molecule has 11 heteroatoms. The van der Waals surface area contributed by atoms with E-state index in [2.05, 4.69) is 30.6 Å². The van der Waals surface area contributed by atoms with Gasteiger partial charge in [0.05, 0.1) is 18.4 Å². The highest BCUT2D eigenvalue weighted by Gasteiger charge is 2.17. The molecule has 0 bridgehead atoms. The SMILES string of the molecule is CCn1ncc(-c2ccnc3cc(C(=O)Nc4ncn(Cc5ccc(Cl)cc5)n4)nn23)c1C. The maximum atomic E-state index is 12.8. The van der Waals surface area contributed by atoms with E-state index in [1.54, 1.807) is 34.0 Å². The number of hydrogen-bond acceptors (Lipinski definition) is 6. The summed E-state index contributed by atoms with van der Waals surface area (Å²) in [5, 5.41) is 16.6. The van der Waals surface area contributed by atoms with Crippen LogP contribution in [0.25, 0.3) is 16.9 Å². The van der Waals surface area contributed by atoms with Gasteiger partial charge in [0, 0.05) is 35.1 Å². The summed E-state index contributed by atoms with van der Waals surface area (Å²) in [6, 6.07) is 10.9. The molecule has 1 amide bonds. The predicted octanol–water partition coefficient (Wildman–Crippen LogP) is 3.47. The quantitative estimate of drug-likeness (QED) is 0.415. The van der Waals surface area contributed by atoms with Crippen LogP contribution >= 0.6 is 11.6 Å². The summed E-state index contributed by atoms with van der Waals surface area (Å²) >= 11 is 5.92. The first kappa shape index (κ1) is 20.8. The molecule has 0 atom stereocenters. The minimum Gasteiger partial charge on any atom is -0.288 e. The fourth-order valence-corrected chi connectivity index (χ4v) is 3.72. The molecule has 4 heterocycles. The van der Waals surface area contributed by atoms with Gasteiger partial charge in [0.1, 0.15) is 6.33 Å². The fraction of sp³-hybridized carbons (Fsp3) is 0.182. The minimum absolute atomic E-state index is 0.194. The number of aryl methyl sites for hydroxylation is 1. The van der Waals surface area contributed by atoms with E-state index < -0.39 is 5.91 Å². The number of aromatic nitrogens is 8. The van der Waals surface area contributed by atoms with Gasteiger partial charge in [-0.15, -0.1) is 5.10 Å². The molecule has 0 spiro atoms. The summed E-state index contributed by atoms with van der Waals surface area (Å²) in [7, 11) is 0. The summed E-state index contributed by atoms with van der Waals surface area (Å²) in [6.45, 7) is 5.31. The van der Waals surface area contributed by atoms with Crippen molar-refractivity contribution in [1.29, 1.82) is 0 Å². The number of anilines is 1. The van der Waals surface area contributed by atoms with Crippen molar-refractivity contribution in [3.05, 3.63) is 77.1 Å². The lowest BCUT2D eigenvalue weighted by Crippen LogP contribution is -2.14. The molecule has 0 fully saturated rings. The van der Waals surface area contributed by atoms with Crippen LogP contribution in [0, 0.1) is 6.92 Å². The largest absolute Gasteiger partial charge is 0.288 e. The van der Waals surface area contributed by atoms with Gasteiger partial charge in [0.15, 0.2) is 11.3 Å². The monoisotopic (exact) mass is 461 g/mol. The van der Waals surface area contributed by atoms with E-state index in [0.29, 0.717) is 17.2 Å². The number of amides is 1. The van der Waals surface area contributed by atoms with Crippen LogP contribution in [0.1, 0.15) is 28.7 Å². The number of halogens is 1. The molecule has 0 aliphatic rings. The summed E-state index contributed by atoms with van der Waals surface area (Å²) < 4.78 is 5.19. The van der Waals surface area contributed by atoms with Gasteiger partial charge in [0.25, 0.3) is 5.91 Å². The van der Waals surface area contributed by atoms with Crippen molar-refractivity contribution in [2.24, 2.45) is 0 Å². The lowest BCUT2D eigenvalue weighted by Gasteiger charge is -2.04. The smallest absolute Gasteiger partial charge is 0.278 e. The maximum Gasteiger partial charge on any atom is 0.278 e. The second kappa shape index (κ2) is 8.47. The average molecular weight is 462 g/mol. The molecule has 1 aromatic carbocycles. The number of hydrogen-bond donors (Lipinski definition) is 1. The second-order valence-corrected chi connectivity index (χ2v) is 7.87. The number of nitrogens with zero attached hydrogens (tertiary/aromatic N) is 8. The predicted molar refractivity (Wildman–Crippen MR) is 123 cm³/mol. The third kappa shape index (κ3) is 4.08. The van der Waals surface area contributed by atoms with Crippen LogP contribution in [-0.2, 0) is 13.1 Å². The van der Waals surface area contributed by atoms with E-state index in [0.717, 1.165) is 29.1 Å². The molecular formula is C22H20ClN9O. The first-order chi connectivity index (χ1) is 16.0. The number of fused-ring (bicyclic) bond motifs is 1. The van der Waals surface area contributed by atoms with Gasteiger partial charge in [-0.05, 0) is 37.6 Å².